The van der Waals surface area contributed by atoms with Crippen LogP contribution in [0.15, 0.2) is 0 Å². The Labute approximate surface area is 38.0 Å². The molecule has 0 aromatic carbocycles. The van der Waals surface area contributed by atoms with Gasteiger partial charge >= 0.3 is 0 Å². The summed E-state index contributed by atoms with van der Waals surface area (Å²) in [5, 5.41) is 8.63. The summed E-state index contributed by atoms with van der Waals surface area (Å²) in [5.74, 6) is 0. The molecule has 5 heavy (non-hydrogen) atoms. The molecule has 0 amide bonds. The zero-order valence-corrected chi connectivity index (χ0v) is 4.29. The van der Waals surface area contributed by atoms with Gasteiger partial charge in [0.2, 0.25) is 0 Å². The van der Waals surface area contributed by atoms with Gasteiger partial charge in [0.1, 0.15) is 5.40 Å². The van der Waals surface area contributed by atoms with Crippen LogP contribution in [0.4, 0.5) is 0 Å². The van der Waals surface area contributed by atoms with Gasteiger partial charge in [0.05, 0.1) is 0 Å². The Kier molecular flexibility index (Phi) is 77.7. The minimum atomic E-state index is 1.44. The second kappa shape index (κ2) is 43.9. The molecule has 30 valence electrons. The summed E-state index contributed by atoms with van der Waals surface area (Å²) >= 11 is 3.09. The molecule has 0 unspecified atom stereocenters. The zero-order valence-electron chi connectivity index (χ0n) is 3.39. The van der Waals surface area contributed by atoms with Gasteiger partial charge in [-0.05, 0) is 0 Å². The van der Waals surface area contributed by atoms with Gasteiger partial charge in [0.25, 0.3) is 0 Å². The maximum atomic E-state index is 7.18. The average Bonchev–Trinajstić information content (AvgIpc) is 1.46. The maximum absolute atomic E-state index is 7.18. The molecule has 2 heteroatoms. The van der Waals surface area contributed by atoms with E-state index in [1.165, 1.54) is 5.40 Å². The molecule has 0 radical (unpaired) electrons. The molecule has 0 aliphatic rings. The van der Waals surface area contributed by atoms with Crippen LogP contribution >= 0.6 is 12.6 Å². The topological polar surface area (TPSA) is 23.8 Å². The minimum absolute atomic E-state index is 1.44. The summed E-state index contributed by atoms with van der Waals surface area (Å²) in [7, 11) is 0. The molecule has 0 aliphatic heterocycles. The largest absolute Gasteiger partial charge is 0.185 e. The smallest absolute Gasteiger partial charge is 0.130 e. The third-order valence-corrected chi connectivity index (χ3v) is 0. The van der Waals surface area contributed by atoms with Gasteiger partial charge in [-0.25, -0.2) is 0 Å². The Balaban J connectivity index is 0. The van der Waals surface area contributed by atoms with E-state index < -0.39 is 0 Å². The number of thiol groups is 1. The van der Waals surface area contributed by atoms with Crippen molar-refractivity contribution in [1.82, 2.24) is 0 Å². The highest BCUT2D eigenvalue weighted by atomic mass is 32.1. The quantitative estimate of drug-likeness (QED) is 0.352. The molecule has 0 aliphatic carbocycles. The van der Waals surface area contributed by atoms with Crippen molar-refractivity contribution >= 4 is 12.6 Å². The van der Waals surface area contributed by atoms with Crippen LogP contribution in [0.25, 0.3) is 0 Å². The summed E-state index contributed by atoms with van der Waals surface area (Å²) in [4.78, 5) is 0. The fraction of sp³-hybridized carbons (Fsp3) is 0.667. The lowest BCUT2D eigenvalue weighted by atomic mass is 11.0. The first-order valence-electron chi connectivity index (χ1n) is 1.45. The Hall–Kier alpha value is -0.160. The van der Waals surface area contributed by atoms with Gasteiger partial charge in [-0.2, -0.15) is 5.26 Å². The predicted molar refractivity (Wildman–Crippen MR) is 25.9 cm³/mol. The van der Waals surface area contributed by atoms with Crippen molar-refractivity contribution in [2.45, 2.75) is 13.8 Å². The summed E-state index contributed by atoms with van der Waals surface area (Å²) in [6, 6.07) is 0. The second-order valence-corrected chi connectivity index (χ2v) is 0.300. The van der Waals surface area contributed by atoms with E-state index in [1.54, 1.807) is 0 Å². The van der Waals surface area contributed by atoms with E-state index in [1.807, 2.05) is 13.8 Å². The molecule has 1 nitrogen and oxygen atoms in total. The van der Waals surface area contributed by atoms with E-state index in [4.69, 9.17) is 5.26 Å². The van der Waals surface area contributed by atoms with E-state index in [9.17, 15) is 0 Å². The van der Waals surface area contributed by atoms with E-state index >= 15 is 0 Å². The normalized spacial score (nSPS) is 2.80. The molecular weight excluding hydrogens is 82.1 g/mol. The molecule has 0 saturated carbocycles. The van der Waals surface area contributed by atoms with Crippen LogP contribution in [-0.4, -0.2) is 0 Å². The molecule has 0 rings (SSSR count). The summed E-state index contributed by atoms with van der Waals surface area (Å²) < 4.78 is 0. The Morgan fingerprint density at radius 3 is 1.60 bits per heavy atom. The number of hydrogen-bond acceptors (Lipinski definition) is 2. The highest BCUT2D eigenvalue weighted by Gasteiger charge is 1.18. The monoisotopic (exact) mass is 89.0 g/mol. The first-order chi connectivity index (χ1) is 2.41. The van der Waals surface area contributed by atoms with Crippen LogP contribution < -0.4 is 0 Å². The van der Waals surface area contributed by atoms with Crippen LogP contribution in [0.2, 0.25) is 0 Å². The first-order valence-corrected chi connectivity index (χ1v) is 1.89. The van der Waals surface area contributed by atoms with Crippen molar-refractivity contribution < 1.29 is 0 Å². The fourth-order valence-corrected chi connectivity index (χ4v) is 0. The molecule has 0 atom stereocenters. The van der Waals surface area contributed by atoms with Gasteiger partial charge in [-0.15, -0.1) is 0 Å². The summed E-state index contributed by atoms with van der Waals surface area (Å²) in [6.07, 6.45) is 0. The lowest BCUT2D eigenvalue weighted by Crippen LogP contribution is -0.961. The molecule has 0 N–H and O–H groups in total. The van der Waals surface area contributed by atoms with Crippen molar-refractivity contribution in [3.8, 4) is 5.40 Å². The minimum Gasteiger partial charge on any atom is -0.185 e. The highest BCUT2D eigenvalue weighted by molar-refractivity contribution is 7.85. The van der Waals surface area contributed by atoms with E-state index in [2.05, 4.69) is 12.6 Å². The standard InChI is InChI=1S/C2H6.CHNS/c1-2;2-1-3/h1-2H3;3H. The van der Waals surface area contributed by atoms with Gasteiger partial charge in [0.15, 0.2) is 0 Å². The van der Waals surface area contributed by atoms with Crippen molar-refractivity contribution in [1.29, 1.82) is 5.26 Å². The lowest BCUT2D eigenvalue weighted by Gasteiger charge is -1.14. The lowest BCUT2D eigenvalue weighted by molar-refractivity contribution is 1.50. The van der Waals surface area contributed by atoms with E-state index in [-0.39, 0.29) is 0 Å². The van der Waals surface area contributed by atoms with Crippen molar-refractivity contribution in [3.63, 3.8) is 0 Å². The average molecular weight is 89.2 g/mol. The van der Waals surface area contributed by atoms with Gasteiger partial charge in [-0.3, -0.25) is 0 Å². The number of rotatable bonds is 0. The third-order valence-electron chi connectivity index (χ3n) is 0. The van der Waals surface area contributed by atoms with Crippen LogP contribution in [0.5, 0.6) is 0 Å². The molecule has 0 bridgehead atoms. The number of nitrogens with zero attached hydrogens (tertiary/aromatic N) is 1. The number of hydrogen-bond donors (Lipinski definition) is 1. The van der Waals surface area contributed by atoms with Crippen molar-refractivity contribution in [2.75, 3.05) is 0 Å². The summed E-state index contributed by atoms with van der Waals surface area (Å²) in [5.41, 5.74) is 0. The molecule has 0 heterocycles. The zero-order chi connectivity index (χ0) is 4.71. The predicted octanol–water partition coefficient (Wildman–Crippen LogP) is 1.42. The van der Waals surface area contributed by atoms with E-state index in [0.717, 1.165) is 0 Å². The van der Waals surface area contributed by atoms with E-state index in [0.29, 0.717) is 0 Å². The Morgan fingerprint density at radius 1 is 1.60 bits per heavy atom. The van der Waals surface area contributed by atoms with Gasteiger partial charge in [0, 0.05) is 0 Å². The van der Waals surface area contributed by atoms with Crippen LogP contribution in [0, 0.1) is 10.7 Å². The second-order valence-electron chi connectivity index (χ2n) is 0.100. The van der Waals surface area contributed by atoms with Gasteiger partial charge in [-0.1, -0.05) is 26.5 Å². The molecule has 0 aromatic rings. The van der Waals surface area contributed by atoms with Gasteiger partial charge < -0.3 is 0 Å². The number of nitriles is 1. The summed E-state index contributed by atoms with van der Waals surface area (Å²) in [6.45, 7) is 4.00. The SMILES string of the molecule is CC.N#CS. The first kappa shape index (κ1) is 8.85. The van der Waals surface area contributed by atoms with Crippen LogP contribution in [-0.2, 0) is 0 Å². The Bertz CT molecular complexity index is 28.4. The van der Waals surface area contributed by atoms with Crippen molar-refractivity contribution in [3.05, 3.63) is 0 Å². The fourth-order valence-electron chi connectivity index (χ4n) is 0. The molecular formula is C3H7NS. The third kappa shape index (κ3) is 508. The molecule has 0 saturated heterocycles. The molecule has 0 fully saturated rings. The Morgan fingerprint density at radius 2 is 1.60 bits per heavy atom. The van der Waals surface area contributed by atoms with Crippen molar-refractivity contribution in [2.24, 2.45) is 0 Å². The maximum Gasteiger partial charge on any atom is 0.130 e. The van der Waals surface area contributed by atoms with Crippen LogP contribution in [0.1, 0.15) is 13.8 Å². The molecule has 0 spiro atoms. The van der Waals surface area contributed by atoms with Crippen LogP contribution in [0.3, 0.4) is 0 Å². The highest BCUT2D eigenvalue weighted by Crippen LogP contribution is 1.46. The number of thiocyanates is 1. The molecule has 0 aromatic heterocycles.